The number of benzene rings is 2. The molecule has 26 heavy (non-hydrogen) atoms. The molecule has 0 bridgehead atoms. The zero-order chi connectivity index (χ0) is 18.4. The van der Waals surface area contributed by atoms with Crippen molar-refractivity contribution < 1.29 is 14.0 Å². The molecule has 0 amide bonds. The second-order valence-corrected chi connectivity index (χ2v) is 6.78. The lowest BCUT2D eigenvalue weighted by molar-refractivity contribution is 0.0999. The summed E-state index contributed by atoms with van der Waals surface area (Å²) < 4.78 is 13.4. The Bertz CT molecular complexity index is 925. The van der Waals surface area contributed by atoms with Gasteiger partial charge in [0.2, 0.25) is 0 Å². The quantitative estimate of drug-likeness (QED) is 0.310. The first-order valence-corrected chi connectivity index (χ1v) is 8.95. The van der Waals surface area contributed by atoms with Crippen molar-refractivity contribution in [3.63, 3.8) is 0 Å². The SMILES string of the molecule is O=C(C/C=N\OCc1ccccc1F)c1cnc(-c2ccc(Cl)cc2)s1. The number of Topliss-reactive ketones (excluding diaryl/α,β-unsaturated/α-hetero) is 1. The lowest BCUT2D eigenvalue weighted by atomic mass is 10.2. The fraction of sp³-hybridized carbons (Fsp3) is 0.105. The van der Waals surface area contributed by atoms with E-state index in [4.69, 9.17) is 16.4 Å². The Balaban J connectivity index is 1.52. The van der Waals surface area contributed by atoms with E-state index in [1.165, 1.54) is 23.6 Å². The van der Waals surface area contributed by atoms with Crippen molar-refractivity contribution >= 4 is 34.9 Å². The third kappa shape index (κ3) is 4.74. The predicted molar refractivity (Wildman–Crippen MR) is 101 cm³/mol. The zero-order valence-corrected chi connectivity index (χ0v) is 15.1. The third-order valence-corrected chi connectivity index (χ3v) is 4.81. The highest BCUT2D eigenvalue weighted by atomic mass is 35.5. The van der Waals surface area contributed by atoms with Gasteiger partial charge in [-0.05, 0) is 18.2 Å². The Morgan fingerprint density at radius 1 is 1.23 bits per heavy atom. The number of aromatic nitrogens is 1. The van der Waals surface area contributed by atoms with Crippen molar-refractivity contribution in [2.45, 2.75) is 13.0 Å². The van der Waals surface area contributed by atoms with Gasteiger partial charge in [-0.1, -0.05) is 47.1 Å². The van der Waals surface area contributed by atoms with Crippen LogP contribution in [0.5, 0.6) is 0 Å². The van der Waals surface area contributed by atoms with Gasteiger partial charge in [0.05, 0.1) is 17.5 Å². The predicted octanol–water partition coefficient (Wildman–Crippen LogP) is 5.38. The van der Waals surface area contributed by atoms with E-state index >= 15 is 0 Å². The maximum Gasteiger partial charge on any atom is 0.179 e. The summed E-state index contributed by atoms with van der Waals surface area (Å²) in [4.78, 5) is 22.0. The van der Waals surface area contributed by atoms with Crippen LogP contribution in [0.1, 0.15) is 21.7 Å². The van der Waals surface area contributed by atoms with Gasteiger partial charge in [-0.2, -0.15) is 0 Å². The molecule has 0 saturated heterocycles. The van der Waals surface area contributed by atoms with Crippen LogP contribution in [0.4, 0.5) is 4.39 Å². The van der Waals surface area contributed by atoms with Gasteiger partial charge in [0.1, 0.15) is 17.4 Å². The summed E-state index contributed by atoms with van der Waals surface area (Å²) in [7, 11) is 0. The average Bonchev–Trinajstić information content (AvgIpc) is 3.13. The molecule has 0 aliphatic rings. The van der Waals surface area contributed by atoms with Gasteiger partial charge in [-0.15, -0.1) is 11.3 Å². The van der Waals surface area contributed by atoms with Crippen molar-refractivity contribution in [1.29, 1.82) is 0 Å². The minimum atomic E-state index is -0.349. The number of rotatable bonds is 7. The Morgan fingerprint density at radius 3 is 2.77 bits per heavy atom. The van der Waals surface area contributed by atoms with Crippen LogP contribution in [0.25, 0.3) is 10.6 Å². The lowest BCUT2D eigenvalue weighted by Gasteiger charge is -2.00. The molecule has 0 aliphatic heterocycles. The highest BCUT2D eigenvalue weighted by molar-refractivity contribution is 7.17. The van der Waals surface area contributed by atoms with E-state index in [0.717, 1.165) is 10.6 Å². The summed E-state index contributed by atoms with van der Waals surface area (Å²) in [5, 5.41) is 5.10. The minimum Gasteiger partial charge on any atom is -0.391 e. The summed E-state index contributed by atoms with van der Waals surface area (Å²) in [6, 6.07) is 13.6. The smallest absolute Gasteiger partial charge is 0.179 e. The number of halogens is 2. The standard InChI is InChI=1S/C19H14ClFN2O2S/c20-15-7-5-13(6-8-15)19-22-11-18(26-19)17(24)9-10-23-25-12-14-3-1-2-4-16(14)21/h1-8,10-11H,9,12H2/b23-10-. The molecule has 1 aromatic heterocycles. The van der Waals surface area contributed by atoms with Crippen LogP contribution in [0, 0.1) is 5.82 Å². The number of nitrogens with zero attached hydrogens (tertiary/aromatic N) is 2. The summed E-state index contributed by atoms with van der Waals surface area (Å²) in [5.74, 6) is -0.459. The summed E-state index contributed by atoms with van der Waals surface area (Å²) in [6.07, 6.45) is 3.00. The number of oxime groups is 1. The molecule has 3 rings (SSSR count). The number of hydrogen-bond donors (Lipinski definition) is 0. The van der Waals surface area contributed by atoms with Gasteiger partial charge in [0, 0.05) is 22.3 Å². The normalized spacial score (nSPS) is 11.0. The number of thiazole rings is 1. The van der Waals surface area contributed by atoms with Gasteiger partial charge < -0.3 is 4.84 Å². The van der Waals surface area contributed by atoms with E-state index in [2.05, 4.69) is 10.1 Å². The Hall–Kier alpha value is -2.57. The van der Waals surface area contributed by atoms with Crippen molar-refractivity contribution in [2.75, 3.05) is 0 Å². The van der Waals surface area contributed by atoms with Crippen LogP contribution in [-0.4, -0.2) is 17.0 Å². The van der Waals surface area contributed by atoms with Gasteiger partial charge in [-0.3, -0.25) is 4.79 Å². The zero-order valence-electron chi connectivity index (χ0n) is 13.6. The summed E-state index contributed by atoms with van der Waals surface area (Å²) >= 11 is 7.17. The number of ketones is 1. The maximum absolute atomic E-state index is 13.4. The van der Waals surface area contributed by atoms with E-state index in [1.807, 2.05) is 12.1 Å². The highest BCUT2D eigenvalue weighted by Crippen LogP contribution is 2.26. The van der Waals surface area contributed by atoms with Crippen LogP contribution in [0.3, 0.4) is 0 Å². The molecule has 0 atom stereocenters. The van der Waals surface area contributed by atoms with E-state index in [1.54, 1.807) is 36.5 Å². The maximum atomic E-state index is 13.4. The van der Waals surface area contributed by atoms with E-state index in [-0.39, 0.29) is 24.6 Å². The second-order valence-electron chi connectivity index (χ2n) is 5.32. The fourth-order valence-electron chi connectivity index (χ4n) is 2.12. The van der Waals surface area contributed by atoms with Crippen molar-refractivity contribution in [1.82, 2.24) is 4.98 Å². The lowest BCUT2D eigenvalue weighted by Crippen LogP contribution is -1.97. The number of carbonyl (C=O) groups is 1. The minimum absolute atomic E-state index is 0.0125. The summed E-state index contributed by atoms with van der Waals surface area (Å²) in [5.41, 5.74) is 1.31. The highest BCUT2D eigenvalue weighted by Gasteiger charge is 2.11. The van der Waals surface area contributed by atoms with Gasteiger partial charge in [0.25, 0.3) is 0 Å². The topological polar surface area (TPSA) is 51.5 Å². The van der Waals surface area contributed by atoms with E-state index in [0.29, 0.717) is 15.5 Å². The van der Waals surface area contributed by atoms with E-state index in [9.17, 15) is 9.18 Å². The first kappa shape index (κ1) is 18.2. The van der Waals surface area contributed by atoms with Crippen LogP contribution >= 0.6 is 22.9 Å². The molecule has 7 heteroatoms. The summed E-state index contributed by atoms with van der Waals surface area (Å²) in [6.45, 7) is 0.0125. The van der Waals surface area contributed by atoms with Crippen LogP contribution in [0.15, 0.2) is 59.9 Å². The first-order valence-electron chi connectivity index (χ1n) is 7.75. The Labute approximate surface area is 158 Å². The molecular formula is C19H14ClFN2O2S. The second kappa shape index (κ2) is 8.69. The molecular weight excluding hydrogens is 375 g/mol. The van der Waals surface area contributed by atoms with Crippen molar-refractivity contribution in [3.05, 3.63) is 76.0 Å². The Kier molecular flexibility index (Phi) is 6.09. The largest absolute Gasteiger partial charge is 0.391 e. The molecule has 0 radical (unpaired) electrons. The molecule has 0 spiro atoms. The van der Waals surface area contributed by atoms with Gasteiger partial charge in [-0.25, -0.2) is 9.37 Å². The van der Waals surface area contributed by atoms with Crippen LogP contribution in [-0.2, 0) is 11.4 Å². The first-order chi connectivity index (χ1) is 12.6. The Morgan fingerprint density at radius 2 is 2.00 bits per heavy atom. The molecule has 3 aromatic rings. The molecule has 0 unspecified atom stereocenters. The fourth-order valence-corrected chi connectivity index (χ4v) is 3.12. The molecule has 1 heterocycles. The van der Waals surface area contributed by atoms with Gasteiger partial charge >= 0.3 is 0 Å². The van der Waals surface area contributed by atoms with Crippen molar-refractivity contribution in [2.24, 2.45) is 5.16 Å². The molecule has 0 N–H and O–H groups in total. The van der Waals surface area contributed by atoms with Gasteiger partial charge in [0.15, 0.2) is 5.78 Å². The molecule has 0 fully saturated rings. The molecule has 0 saturated carbocycles. The molecule has 4 nitrogen and oxygen atoms in total. The average molecular weight is 389 g/mol. The monoisotopic (exact) mass is 388 g/mol. The van der Waals surface area contributed by atoms with Crippen LogP contribution < -0.4 is 0 Å². The van der Waals surface area contributed by atoms with Crippen LogP contribution in [0.2, 0.25) is 5.02 Å². The third-order valence-electron chi connectivity index (χ3n) is 3.48. The number of carbonyl (C=O) groups excluding carboxylic acids is 1. The molecule has 2 aromatic carbocycles. The number of hydrogen-bond acceptors (Lipinski definition) is 5. The molecule has 0 aliphatic carbocycles. The van der Waals surface area contributed by atoms with Crippen molar-refractivity contribution in [3.8, 4) is 10.6 Å². The molecule has 132 valence electrons. The van der Waals surface area contributed by atoms with E-state index < -0.39 is 0 Å².